The lowest BCUT2D eigenvalue weighted by Crippen LogP contribution is -2.38. The average Bonchev–Trinajstić information content (AvgIpc) is 2.98. The van der Waals surface area contributed by atoms with Crippen LogP contribution in [0.15, 0.2) is 53.3 Å². The van der Waals surface area contributed by atoms with Crippen LogP contribution in [0.5, 0.6) is 0 Å². The summed E-state index contributed by atoms with van der Waals surface area (Å²) in [5.41, 5.74) is 1.54. The Morgan fingerprint density at radius 3 is 2.52 bits per heavy atom. The SMILES string of the molecule is C=C(c1cccs1)C(CO)NS(=O)(=O)c1ccc(C)cc1. The van der Waals surface area contributed by atoms with E-state index in [9.17, 15) is 13.5 Å². The zero-order valence-corrected chi connectivity index (χ0v) is 13.2. The van der Waals surface area contributed by atoms with Gasteiger partial charge < -0.3 is 5.11 Å². The highest BCUT2D eigenvalue weighted by Crippen LogP contribution is 2.22. The number of thiophene rings is 1. The molecule has 0 aliphatic carbocycles. The van der Waals surface area contributed by atoms with Crippen molar-refractivity contribution in [1.29, 1.82) is 0 Å². The molecule has 2 aromatic rings. The van der Waals surface area contributed by atoms with Crippen molar-refractivity contribution < 1.29 is 13.5 Å². The van der Waals surface area contributed by atoms with Crippen LogP contribution in [0.2, 0.25) is 0 Å². The third-order valence-corrected chi connectivity index (χ3v) is 5.50. The third-order valence-electron chi connectivity index (χ3n) is 3.07. The maximum absolute atomic E-state index is 12.3. The second-order valence-electron chi connectivity index (χ2n) is 4.67. The lowest BCUT2D eigenvalue weighted by molar-refractivity contribution is 0.280. The molecular weight excluding hydrogens is 306 g/mol. The maximum atomic E-state index is 12.3. The van der Waals surface area contributed by atoms with Gasteiger partial charge in [0.05, 0.1) is 17.5 Å². The third kappa shape index (κ3) is 3.79. The van der Waals surface area contributed by atoms with Gasteiger partial charge in [0.1, 0.15) is 0 Å². The van der Waals surface area contributed by atoms with Gasteiger partial charge in [-0.25, -0.2) is 13.1 Å². The maximum Gasteiger partial charge on any atom is 0.241 e. The van der Waals surface area contributed by atoms with Crippen molar-refractivity contribution in [2.24, 2.45) is 0 Å². The highest BCUT2D eigenvalue weighted by molar-refractivity contribution is 7.89. The molecule has 0 saturated carbocycles. The van der Waals surface area contributed by atoms with E-state index in [0.29, 0.717) is 5.57 Å². The van der Waals surface area contributed by atoms with Crippen LogP contribution in [0, 0.1) is 6.92 Å². The summed E-state index contributed by atoms with van der Waals surface area (Å²) in [6, 6.07) is 9.51. The fourth-order valence-electron chi connectivity index (χ4n) is 1.82. The molecule has 1 heterocycles. The standard InChI is InChI=1S/C15H17NO3S2/c1-11-5-7-13(8-6-11)21(18,19)16-14(10-17)12(2)15-4-3-9-20-15/h3-9,14,16-17H,2,10H2,1H3. The van der Waals surface area contributed by atoms with Gasteiger partial charge in [-0.3, -0.25) is 0 Å². The number of nitrogens with one attached hydrogen (secondary N) is 1. The van der Waals surface area contributed by atoms with Crippen molar-refractivity contribution in [2.75, 3.05) is 6.61 Å². The predicted molar refractivity (Wildman–Crippen MR) is 85.7 cm³/mol. The van der Waals surface area contributed by atoms with Gasteiger partial charge in [0.15, 0.2) is 0 Å². The minimum absolute atomic E-state index is 0.172. The summed E-state index contributed by atoms with van der Waals surface area (Å²) in [4.78, 5) is 1.02. The van der Waals surface area contributed by atoms with Gasteiger partial charge in [-0.1, -0.05) is 30.3 Å². The van der Waals surface area contributed by atoms with E-state index in [1.807, 2.05) is 24.4 Å². The topological polar surface area (TPSA) is 66.4 Å². The monoisotopic (exact) mass is 323 g/mol. The summed E-state index contributed by atoms with van der Waals surface area (Å²) < 4.78 is 27.1. The number of hydrogen-bond donors (Lipinski definition) is 2. The summed E-state index contributed by atoms with van der Waals surface area (Å²) in [6.45, 7) is 5.43. The van der Waals surface area contributed by atoms with Crippen molar-refractivity contribution in [3.05, 3.63) is 58.8 Å². The minimum atomic E-state index is -3.69. The molecule has 1 unspecified atom stereocenters. The van der Waals surface area contributed by atoms with E-state index in [2.05, 4.69) is 11.3 Å². The molecule has 0 bridgehead atoms. The van der Waals surface area contributed by atoms with E-state index in [1.165, 1.54) is 11.3 Å². The van der Waals surface area contributed by atoms with Crippen LogP contribution in [0.1, 0.15) is 10.4 Å². The number of aliphatic hydroxyl groups is 1. The largest absolute Gasteiger partial charge is 0.394 e. The number of rotatable bonds is 6. The molecule has 21 heavy (non-hydrogen) atoms. The summed E-state index contributed by atoms with van der Waals surface area (Å²) >= 11 is 1.45. The van der Waals surface area contributed by atoms with Gasteiger partial charge in [-0.2, -0.15) is 0 Å². The van der Waals surface area contributed by atoms with E-state index in [1.54, 1.807) is 24.3 Å². The number of aliphatic hydroxyl groups excluding tert-OH is 1. The first-order chi connectivity index (χ1) is 9.94. The average molecular weight is 323 g/mol. The van der Waals surface area contributed by atoms with Gasteiger partial charge in [0.2, 0.25) is 10.0 Å². The van der Waals surface area contributed by atoms with Crippen molar-refractivity contribution >= 4 is 26.9 Å². The van der Waals surface area contributed by atoms with Crippen molar-refractivity contribution in [3.8, 4) is 0 Å². The van der Waals surface area contributed by atoms with Crippen molar-refractivity contribution in [1.82, 2.24) is 4.72 Å². The zero-order chi connectivity index (χ0) is 15.5. The fraction of sp³-hybridized carbons (Fsp3) is 0.200. The molecular formula is C15H17NO3S2. The fourth-order valence-corrected chi connectivity index (χ4v) is 3.80. The summed E-state index contributed by atoms with van der Waals surface area (Å²) in [5.74, 6) is 0. The van der Waals surface area contributed by atoms with Crippen LogP contribution in [0.25, 0.3) is 5.57 Å². The summed E-state index contributed by atoms with van der Waals surface area (Å²) in [7, 11) is -3.69. The Kier molecular flexibility index (Phi) is 4.95. The molecule has 0 spiro atoms. The van der Waals surface area contributed by atoms with E-state index in [4.69, 9.17) is 0 Å². The van der Waals surface area contributed by atoms with Crippen molar-refractivity contribution in [2.45, 2.75) is 17.9 Å². The Morgan fingerprint density at radius 1 is 1.33 bits per heavy atom. The number of aryl methyl sites for hydroxylation is 1. The Balaban J connectivity index is 2.21. The van der Waals surface area contributed by atoms with Crippen LogP contribution < -0.4 is 4.72 Å². The first-order valence-electron chi connectivity index (χ1n) is 6.36. The smallest absolute Gasteiger partial charge is 0.241 e. The van der Waals surface area contributed by atoms with Gasteiger partial charge in [-0.05, 0) is 36.1 Å². The van der Waals surface area contributed by atoms with Crippen LogP contribution in [0.4, 0.5) is 0 Å². The van der Waals surface area contributed by atoms with Crippen LogP contribution >= 0.6 is 11.3 Å². The van der Waals surface area contributed by atoms with Gasteiger partial charge in [-0.15, -0.1) is 11.3 Å². The molecule has 0 saturated heterocycles. The Hall–Kier alpha value is -1.47. The molecule has 0 aliphatic heterocycles. The van der Waals surface area contributed by atoms with E-state index >= 15 is 0 Å². The molecule has 0 aliphatic rings. The van der Waals surface area contributed by atoms with Gasteiger partial charge in [0.25, 0.3) is 0 Å². The lowest BCUT2D eigenvalue weighted by Gasteiger charge is -2.18. The Morgan fingerprint density at radius 2 is 2.00 bits per heavy atom. The van der Waals surface area contributed by atoms with Gasteiger partial charge >= 0.3 is 0 Å². The molecule has 6 heteroatoms. The molecule has 2 N–H and O–H groups in total. The molecule has 1 aromatic heterocycles. The number of sulfonamides is 1. The molecule has 1 aromatic carbocycles. The summed E-state index contributed by atoms with van der Waals surface area (Å²) in [5, 5.41) is 11.3. The number of benzene rings is 1. The quantitative estimate of drug-likeness (QED) is 0.858. The molecule has 112 valence electrons. The van der Waals surface area contributed by atoms with E-state index < -0.39 is 16.1 Å². The first kappa shape index (κ1) is 15.9. The van der Waals surface area contributed by atoms with Crippen LogP contribution in [-0.4, -0.2) is 26.2 Å². The molecule has 0 radical (unpaired) electrons. The molecule has 4 nitrogen and oxygen atoms in total. The first-order valence-corrected chi connectivity index (χ1v) is 8.73. The lowest BCUT2D eigenvalue weighted by atomic mass is 10.1. The second kappa shape index (κ2) is 6.53. The molecule has 0 fully saturated rings. The second-order valence-corrected chi connectivity index (χ2v) is 7.33. The van der Waals surface area contributed by atoms with Gasteiger partial charge in [0, 0.05) is 4.88 Å². The number of hydrogen-bond acceptors (Lipinski definition) is 4. The Labute approximate surface area is 128 Å². The van der Waals surface area contributed by atoms with Crippen molar-refractivity contribution in [3.63, 3.8) is 0 Å². The van der Waals surface area contributed by atoms with E-state index in [-0.39, 0.29) is 11.5 Å². The van der Waals surface area contributed by atoms with E-state index in [0.717, 1.165) is 10.4 Å². The predicted octanol–water partition coefficient (Wildman–Crippen LogP) is 2.41. The highest BCUT2D eigenvalue weighted by atomic mass is 32.2. The van der Waals surface area contributed by atoms with Crippen LogP contribution in [-0.2, 0) is 10.0 Å². The highest BCUT2D eigenvalue weighted by Gasteiger charge is 2.22. The Bertz CT molecular complexity index is 704. The zero-order valence-electron chi connectivity index (χ0n) is 11.6. The molecule has 0 amide bonds. The summed E-state index contributed by atoms with van der Waals surface area (Å²) in [6.07, 6.45) is 0. The van der Waals surface area contributed by atoms with Crippen LogP contribution in [0.3, 0.4) is 0 Å². The molecule has 1 atom stereocenters. The normalized spacial score (nSPS) is 13.0. The minimum Gasteiger partial charge on any atom is -0.394 e. The molecule has 2 rings (SSSR count).